The average molecular weight is 337 g/mol. The van der Waals surface area contributed by atoms with Crippen LogP contribution in [0.15, 0.2) is 54.6 Å². The van der Waals surface area contributed by atoms with Crippen LogP contribution < -0.4 is 9.64 Å². The van der Waals surface area contributed by atoms with Gasteiger partial charge in [0, 0.05) is 14.0 Å². The number of nitrogens with zero attached hydrogens (tertiary/aromatic N) is 1. The zero-order valence-electron chi connectivity index (χ0n) is 14.2. The molecule has 0 unspecified atom stereocenters. The van der Waals surface area contributed by atoms with Crippen molar-refractivity contribution in [3.8, 4) is 17.6 Å². The highest BCUT2D eigenvalue weighted by atomic mass is 16.5. The molecule has 5 heteroatoms. The third-order valence-corrected chi connectivity index (χ3v) is 3.25. The molecule has 5 nitrogen and oxygen atoms in total. The van der Waals surface area contributed by atoms with Crippen LogP contribution in [0.3, 0.4) is 0 Å². The number of para-hydroxylation sites is 2. The van der Waals surface area contributed by atoms with Gasteiger partial charge in [0.2, 0.25) is 0 Å². The van der Waals surface area contributed by atoms with Crippen LogP contribution in [-0.4, -0.2) is 25.6 Å². The van der Waals surface area contributed by atoms with E-state index < -0.39 is 11.9 Å². The van der Waals surface area contributed by atoms with E-state index in [2.05, 4.69) is 11.8 Å². The largest absolute Gasteiger partial charge is 0.424 e. The Kier molecular flexibility index (Phi) is 6.76. The van der Waals surface area contributed by atoms with Crippen LogP contribution in [0, 0.1) is 11.8 Å². The molecule has 2 rings (SSSR count). The van der Waals surface area contributed by atoms with Crippen molar-refractivity contribution in [1.29, 1.82) is 0 Å². The number of carbonyl (C=O) groups excluding carboxylic acids is 2. The van der Waals surface area contributed by atoms with E-state index in [0.717, 1.165) is 5.56 Å². The predicted molar refractivity (Wildman–Crippen MR) is 95.0 cm³/mol. The van der Waals surface area contributed by atoms with Crippen LogP contribution in [-0.2, 0) is 20.9 Å². The molecule has 2 aromatic carbocycles. The van der Waals surface area contributed by atoms with Gasteiger partial charge in [-0.1, -0.05) is 48.4 Å². The third kappa shape index (κ3) is 5.48. The normalized spacial score (nSPS) is 9.68. The van der Waals surface area contributed by atoms with E-state index in [0.29, 0.717) is 18.0 Å². The molecule has 0 saturated heterocycles. The number of carbonyl (C=O) groups is 2. The van der Waals surface area contributed by atoms with Crippen molar-refractivity contribution in [3.63, 3.8) is 0 Å². The Labute approximate surface area is 147 Å². The summed E-state index contributed by atoms with van der Waals surface area (Å²) in [6.07, 6.45) is 0. The molecule has 0 atom stereocenters. The number of anilines is 1. The maximum absolute atomic E-state index is 12.6. The number of rotatable bonds is 5. The summed E-state index contributed by atoms with van der Waals surface area (Å²) in [4.78, 5) is 25.5. The Morgan fingerprint density at radius 2 is 1.72 bits per heavy atom. The first-order chi connectivity index (χ1) is 12.1. The number of esters is 1. The van der Waals surface area contributed by atoms with Gasteiger partial charge < -0.3 is 9.47 Å². The Hall–Kier alpha value is -3.10. The number of ether oxygens (including phenoxy) is 2. The van der Waals surface area contributed by atoms with Crippen molar-refractivity contribution in [2.24, 2.45) is 0 Å². The predicted octanol–water partition coefficient (Wildman–Crippen LogP) is 2.79. The van der Waals surface area contributed by atoms with Gasteiger partial charge >= 0.3 is 11.9 Å². The van der Waals surface area contributed by atoms with E-state index in [1.54, 1.807) is 24.3 Å². The number of methoxy groups -OCH3 is 1. The first-order valence-corrected chi connectivity index (χ1v) is 7.72. The summed E-state index contributed by atoms with van der Waals surface area (Å²) in [5, 5.41) is 0. The van der Waals surface area contributed by atoms with Crippen molar-refractivity contribution in [2.45, 2.75) is 13.5 Å². The molecular formula is C20H19NO4. The van der Waals surface area contributed by atoms with Crippen LogP contribution >= 0.6 is 0 Å². The minimum absolute atomic E-state index is 0.163. The fourth-order valence-corrected chi connectivity index (χ4v) is 2.21. The molecule has 0 fully saturated rings. The van der Waals surface area contributed by atoms with Crippen molar-refractivity contribution >= 4 is 17.6 Å². The van der Waals surface area contributed by atoms with Gasteiger partial charge in [0.25, 0.3) is 0 Å². The lowest BCUT2D eigenvalue weighted by molar-refractivity contribution is -0.131. The first kappa shape index (κ1) is 18.2. The molecule has 0 aromatic heterocycles. The number of hydrogen-bond donors (Lipinski definition) is 0. The fraction of sp³-hybridized carbons (Fsp3) is 0.200. The average Bonchev–Trinajstić information content (AvgIpc) is 2.61. The van der Waals surface area contributed by atoms with Crippen molar-refractivity contribution in [1.82, 2.24) is 0 Å². The summed E-state index contributed by atoms with van der Waals surface area (Å²) < 4.78 is 10.1. The van der Waals surface area contributed by atoms with Gasteiger partial charge in [-0.15, -0.1) is 0 Å². The van der Waals surface area contributed by atoms with Gasteiger partial charge in [0.15, 0.2) is 5.75 Å². The zero-order chi connectivity index (χ0) is 18.1. The summed E-state index contributed by atoms with van der Waals surface area (Å²) in [5.74, 6) is 4.67. The molecule has 2 aromatic rings. The van der Waals surface area contributed by atoms with Gasteiger partial charge in [-0.05, 0) is 23.6 Å². The molecule has 1 amide bonds. The smallest absolute Gasteiger partial charge is 0.308 e. The molecule has 0 heterocycles. The monoisotopic (exact) mass is 337 g/mol. The summed E-state index contributed by atoms with van der Waals surface area (Å²) in [7, 11) is 1.51. The van der Waals surface area contributed by atoms with Crippen molar-refractivity contribution < 1.29 is 19.1 Å². The highest BCUT2D eigenvalue weighted by Crippen LogP contribution is 2.29. The highest BCUT2D eigenvalue weighted by Gasteiger charge is 2.19. The van der Waals surface area contributed by atoms with Gasteiger partial charge in [0.1, 0.15) is 6.61 Å². The molecule has 0 spiro atoms. The van der Waals surface area contributed by atoms with E-state index in [9.17, 15) is 9.59 Å². The van der Waals surface area contributed by atoms with Gasteiger partial charge in [-0.2, -0.15) is 0 Å². The molecule has 0 radical (unpaired) electrons. The standard InChI is InChI=1S/C20H19NO4/c1-16(22)25-19-12-7-6-11-18(19)21(20(23)13-8-14-24-2)15-17-9-4-3-5-10-17/h3-7,9-12H,14-15H2,1-2H3. The minimum atomic E-state index is -0.454. The van der Waals surface area contributed by atoms with Crippen LogP contribution in [0.5, 0.6) is 5.75 Å². The van der Waals surface area contributed by atoms with E-state index >= 15 is 0 Å². The molecule has 0 aliphatic rings. The second-order valence-corrected chi connectivity index (χ2v) is 5.17. The maximum atomic E-state index is 12.6. The van der Waals surface area contributed by atoms with Gasteiger partial charge in [0.05, 0.1) is 12.2 Å². The Bertz CT molecular complexity index is 790. The lowest BCUT2D eigenvalue weighted by Crippen LogP contribution is -2.29. The number of amides is 1. The highest BCUT2D eigenvalue weighted by molar-refractivity contribution is 6.06. The molecule has 25 heavy (non-hydrogen) atoms. The lowest BCUT2D eigenvalue weighted by Gasteiger charge is -2.22. The Morgan fingerprint density at radius 1 is 1.04 bits per heavy atom. The van der Waals surface area contributed by atoms with E-state index in [4.69, 9.17) is 9.47 Å². The van der Waals surface area contributed by atoms with E-state index in [1.807, 2.05) is 30.3 Å². The molecule has 0 N–H and O–H groups in total. The maximum Gasteiger partial charge on any atom is 0.308 e. The summed E-state index contributed by atoms with van der Waals surface area (Å²) in [6.45, 7) is 1.79. The second-order valence-electron chi connectivity index (χ2n) is 5.17. The van der Waals surface area contributed by atoms with Crippen molar-refractivity contribution in [2.75, 3.05) is 18.6 Å². The van der Waals surface area contributed by atoms with Crippen LogP contribution in [0.1, 0.15) is 12.5 Å². The molecule has 0 aliphatic heterocycles. The van der Waals surface area contributed by atoms with Gasteiger partial charge in [-0.25, -0.2) is 0 Å². The first-order valence-electron chi connectivity index (χ1n) is 7.72. The summed E-state index contributed by atoms with van der Waals surface area (Å²) in [6, 6.07) is 16.4. The van der Waals surface area contributed by atoms with Crippen molar-refractivity contribution in [3.05, 3.63) is 60.2 Å². The minimum Gasteiger partial charge on any atom is -0.424 e. The van der Waals surface area contributed by atoms with Gasteiger partial charge in [-0.3, -0.25) is 14.5 Å². The molecule has 0 saturated carbocycles. The van der Waals surface area contributed by atoms with Crippen LogP contribution in [0.2, 0.25) is 0 Å². The number of hydrogen-bond acceptors (Lipinski definition) is 4. The van der Waals surface area contributed by atoms with Crippen LogP contribution in [0.25, 0.3) is 0 Å². The van der Waals surface area contributed by atoms with Crippen LogP contribution in [0.4, 0.5) is 5.69 Å². The summed E-state index contributed by atoms with van der Waals surface area (Å²) >= 11 is 0. The third-order valence-electron chi connectivity index (χ3n) is 3.25. The fourth-order valence-electron chi connectivity index (χ4n) is 2.21. The quantitative estimate of drug-likeness (QED) is 0.478. The molecular weight excluding hydrogens is 318 g/mol. The SMILES string of the molecule is COCC#CC(=O)N(Cc1ccccc1)c1ccccc1OC(C)=O. The lowest BCUT2D eigenvalue weighted by atomic mass is 10.2. The molecule has 0 bridgehead atoms. The topological polar surface area (TPSA) is 55.8 Å². The second kappa shape index (κ2) is 9.26. The molecule has 128 valence electrons. The Balaban J connectivity index is 2.39. The zero-order valence-corrected chi connectivity index (χ0v) is 14.2. The molecule has 0 aliphatic carbocycles. The summed E-state index contributed by atoms with van der Waals surface area (Å²) in [5.41, 5.74) is 1.42. The number of benzene rings is 2. The van der Waals surface area contributed by atoms with E-state index in [-0.39, 0.29) is 6.61 Å². The van der Waals surface area contributed by atoms with E-state index in [1.165, 1.54) is 18.9 Å². The Morgan fingerprint density at radius 3 is 2.40 bits per heavy atom.